The van der Waals surface area contributed by atoms with Crippen molar-refractivity contribution >= 4 is 15.9 Å². The molecular weight excluding hydrogens is 242 g/mol. The summed E-state index contributed by atoms with van der Waals surface area (Å²) in [5.74, 6) is 0. The van der Waals surface area contributed by atoms with Crippen LogP contribution in [0.4, 0.5) is 0 Å². The van der Waals surface area contributed by atoms with Gasteiger partial charge in [-0.3, -0.25) is 9.67 Å². The van der Waals surface area contributed by atoms with Crippen LogP contribution in [0.15, 0.2) is 30.6 Å². The highest BCUT2D eigenvalue weighted by Crippen LogP contribution is 2.21. The fourth-order valence-corrected chi connectivity index (χ4v) is 1.76. The van der Waals surface area contributed by atoms with Crippen molar-refractivity contribution in [3.8, 4) is 11.4 Å². The van der Waals surface area contributed by atoms with Crippen LogP contribution in [0.5, 0.6) is 0 Å². The second-order valence-electron chi connectivity index (χ2n) is 3.03. The summed E-state index contributed by atoms with van der Waals surface area (Å²) in [7, 11) is 1.92. The van der Waals surface area contributed by atoms with Gasteiger partial charge in [-0.2, -0.15) is 5.10 Å². The molecule has 0 aromatic carbocycles. The molecule has 0 spiro atoms. The maximum absolute atomic E-state index is 4.38. The van der Waals surface area contributed by atoms with E-state index in [2.05, 4.69) is 26.0 Å². The van der Waals surface area contributed by atoms with Crippen LogP contribution in [0, 0.1) is 0 Å². The van der Waals surface area contributed by atoms with Gasteiger partial charge in [-0.25, -0.2) is 0 Å². The zero-order chi connectivity index (χ0) is 9.97. The lowest BCUT2D eigenvalue weighted by Crippen LogP contribution is -1.89. The molecule has 2 aromatic rings. The summed E-state index contributed by atoms with van der Waals surface area (Å²) in [6, 6.07) is 5.84. The van der Waals surface area contributed by atoms with E-state index in [1.54, 1.807) is 10.9 Å². The van der Waals surface area contributed by atoms with Crippen molar-refractivity contribution in [2.45, 2.75) is 5.33 Å². The maximum atomic E-state index is 4.38. The van der Waals surface area contributed by atoms with Crippen molar-refractivity contribution in [3.63, 3.8) is 0 Å². The van der Waals surface area contributed by atoms with Gasteiger partial charge in [0, 0.05) is 30.3 Å². The van der Waals surface area contributed by atoms with Crippen LogP contribution in [0.2, 0.25) is 0 Å². The minimum absolute atomic E-state index is 0.798. The van der Waals surface area contributed by atoms with Gasteiger partial charge in [0.2, 0.25) is 0 Å². The highest BCUT2D eigenvalue weighted by Gasteiger charge is 2.08. The zero-order valence-electron chi connectivity index (χ0n) is 7.81. The lowest BCUT2D eigenvalue weighted by atomic mass is 10.2. The quantitative estimate of drug-likeness (QED) is 0.768. The second-order valence-corrected chi connectivity index (χ2v) is 3.59. The topological polar surface area (TPSA) is 30.7 Å². The first-order valence-electron chi connectivity index (χ1n) is 4.31. The van der Waals surface area contributed by atoms with Crippen molar-refractivity contribution in [2.24, 2.45) is 7.05 Å². The summed E-state index contributed by atoms with van der Waals surface area (Å²) in [5.41, 5.74) is 3.03. The molecule has 0 saturated heterocycles. The molecule has 14 heavy (non-hydrogen) atoms. The van der Waals surface area contributed by atoms with E-state index in [4.69, 9.17) is 0 Å². The molecule has 0 saturated carbocycles. The maximum Gasteiger partial charge on any atom is 0.115 e. The van der Waals surface area contributed by atoms with Crippen LogP contribution in [-0.2, 0) is 12.4 Å². The zero-order valence-corrected chi connectivity index (χ0v) is 9.40. The fourth-order valence-electron chi connectivity index (χ4n) is 1.35. The molecule has 0 aliphatic carbocycles. The van der Waals surface area contributed by atoms with Gasteiger partial charge in [0.05, 0.1) is 5.69 Å². The number of alkyl halides is 1. The van der Waals surface area contributed by atoms with E-state index in [0.29, 0.717) is 0 Å². The molecule has 3 nitrogen and oxygen atoms in total. The normalized spacial score (nSPS) is 10.4. The molecule has 0 aliphatic heterocycles. The Bertz CT molecular complexity index is 422. The summed E-state index contributed by atoms with van der Waals surface area (Å²) >= 11 is 3.44. The van der Waals surface area contributed by atoms with Gasteiger partial charge in [0.1, 0.15) is 5.69 Å². The first kappa shape index (κ1) is 9.40. The lowest BCUT2D eigenvalue weighted by Gasteiger charge is -1.96. The Labute approximate surface area is 90.9 Å². The summed E-state index contributed by atoms with van der Waals surface area (Å²) in [6.45, 7) is 0. The number of hydrogen-bond donors (Lipinski definition) is 0. The van der Waals surface area contributed by atoms with Gasteiger partial charge in [-0.05, 0) is 12.1 Å². The molecule has 0 fully saturated rings. The van der Waals surface area contributed by atoms with Crippen molar-refractivity contribution in [2.75, 3.05) is 0 Å². The number of halogens is 1. The first-order valence-corrected chi connectivity index (χ1v) is 5.43. The predicted octanol–water partition coefficient (Wildman–Crippen LogP) is 2.38. The van der Waals surface area contributed by atoms with E-state index in [9.17, 15) is 0 Å². The van der Waals surface area contributed by atoms with Crippen LogP contribution in [0.3, 0.4) is 0 Å². The molecule has 4 heteroatoms. The Hall–Kier alpha value is -1.16. The Morgan fingerprint density at radius 1 is 1.43 bits per heavy atom. The molecule has 0 bridgehead atoms. The summed E-state index contributed by atoms with van der Waals surface area (Å²) < 4.78 is 1.81. The van der Waals surface area contributed by atoms with Crippen LogP contribution >= 0.6 is 15.9 Å². The first-order chi connectivity index (χ1) is 6.81. The minimum atomic E-state index is 0.798. The summed E-state index contributed by atoms with van der Waals surface area (Å²) in [4.78, 5) is 4.27. The van der Waals surface area contributed by atoms with Crippen molar-refractivity contribution in [1.29, 1.82) is 0 Å². The van der Waals surface area contributed by atoms with Crippen molar-refractivity contribution in [3.05, 3.63) is 36.2 Å². The van der Waals surface area contributed by atoms with E-state index >= 15 is 0 Å². The Kier molecular flexibility index (Phi) is 2.63. The van der Waals surface area contributed by atoms with Crippen LogP contribution in [0.1, 0.15) is 5.56 Å². The molecule has 0 unspecified atom stereocenters. The van der Waals surface area contributed by atoms with Crippen LogP contribution in [0.25, 0.3) is 11.4 Å². The van der Waals surface area contributed by atoms with E-state index in [1.807, 2.05) is 31.4 Å². The average Bonchev–Trinajstić information content (AvgIpc) is 2.61. The summed E-state index contributed by atoms with van der Waals surface area (Å²) in [6.07, 6.45) is 3.78. The number of hydrogen-bond acceptors (Lipinski definition) is 2. The Morgan fingerprint density at radius 2 is 2.29 bits per heavy atom. The van der Waals surface area contributed by atoms with E-state index in [0.717, 1.165) is 22.3 Å². The van der Waals surface area contributed by atoms with Gasteiger partial charge < -0.3 is 0 Å². The SMILES string of the molecule is Cn1cc(CBr)c(-c2ccccn2)n1. The molecule has 2 rings (SSSR count). The van der Waals surface area contributed by atoms with E-state index < -0.39 is 0 Å². The predicted molar refractivity (Wildman–Crippen MR) is 59.1 cm³/mol. The molecular formula is C10H10BrN3. The number of rotatable bonds is 2. The fraction of sp³-hybridized carbons (Fsp3) is 0.200. The molecule has 0 N–H and O–H groups in total. The average molecular weight is 252 g/mol. The van der Waals surface area contributed by atoms with Crippen molar-refractivity contribution < 1.29 is 0 Å². The van der Waals surface area contributed by atoms with Gasteiger partial charge >= 0.3 is 0 Å². The molecule has 0 radical (unpaired) electrons. The van der Waals surface area contributed by atoms with Gasteiger partial charge in [-0.1, -0.05) is 22.0 Å². The third-order valence-electron chi connectivity index (χ3n) is 1.96. The minimum Gasteiger partial charge on any atom is -0.275 e. The van der Waals surface area contributed by atoms with Gasteiger partial charge in [0.15, 0.2) is 0 Å². The molecule has 0 atom stereocenters. The second kappa shape index (κ2) is 3.92. The third kappa shape index (κ3) is 1.70. The van der Waals surface area contributed by atoms with Gasteiger partial charge in [-0.15, -0.1) is 0 Å². The largest absolute Gasteiger partial charge is 0.275 e. The number of aromatic nitrogens is 3. The third-order valence-corrected chi connectivity index (χ3v) is 2.56. The monoisotopic (exact) mass is 251 g/mol. The van der Waals surface area contributed by atoms with Crippen LogP contribution < -0.4 is 0 Å². The number of pyridine rings is 1. The lowest BCUT2D eigenvalue weighted by molar-refractivity contribution is 0.769. The number of aryl methyl sites for hydroxylation is 1. The van der Waals surface area contributed by atoms with E-state index in [1.165, 1.54) is 0 Å². The molecule has 2 aromatic heterocycles. The molecule has 0 amide bonds. The molecule has 72 valence electrons. The highest BCUT2D eigenvalue weighted by molar-refractivity contribution is 9.08. The highest BCUT2D eigenvalue weighted by atomic mass is 79.9. The Morgan fingerprint density at radius 3 is 2.93 bits per heavy atom. The smallest absolute Gasteiger partial charge is 0.115 e. The molecule has 0 aliphatic rings. The number of nitrogens with zero attached hydrogens (tertiary/aromatic N) is 3. The molecule has 2 heterocycles. The van der Waals surface area contributed by atoms with Gasteiger partial charge in [0.25, 0.3) is 0 Å². The Balaban J connectivity index is 2.51. The van der Waals surface area contributed by atoms with E-state index in [-0.39, 0.29) is 0 Å². The summed E-state index contributed by atoms with van der Waals surface area (Å²) in [5, 5.41) is 5.17. The standard InChI is InChI=1S/C10H10BrN3/c1-14-7-8(6-11)10(13-14)9-4-2-3-5-12-9/h2-5,7H,6H2,1H3. The van der Waals surface area contributed by atoms with Crippen LogP contribution in [-0.4, -0.2) is 14.8 Å². The van der Waals surface area contributed by atoms with Crippen molar-refractivity contribution in [1.82, 2.24) is 14.8 Å².